The SMILES string of the molecule is CCCN(CCO)C(=O)Nc1ccccc1-n1ccc(C)n1. The zero-order chi connectivity index (χ0) is 15.9. The van der Waals surface area contributed by atoms with Gasteiger partial charge in [0.05, 0.1) is 23.7 Å². The first-order valence-corrected chi connectivity index (χ1v) is 7.44. The van der Waals surface area contributed by atoms with Crippen LogP contribution in [0.4, 0.5) is 10.5 Å². The summed E-state index contributed by atoms with van der Waals surface area (Å²) in [4.78, 5) is 14.0. The second-order valence-electron chi connectivity index (χ2n) is 5.06. The van der Waals surface area contributed by atoms with Crippen molar-refractivity contribution in [2.24, 2.45) is 0 Å². The van der Waals surface area contributed by atoms with Crippen molar-refractivity contribution in [3.8, 4) is 5.69 Å². The van der Waals surface area contributed by atoms with Crippen LogP contribution in [0.3, 0.4) is 0 Å². The largest absolute Gasteiger partial charge is 0.395 e. The molecular weight excluding hydrogens is 280 g/mol. The number of aliphatic hydroxyl groups excluding tert-OH is 1. The first-order chi connectivity index (χ1) is 10.7. The maximum atomic E-state index is 12.4. The predicted molar refractivity (Wildman–Crippen MR) is 86.3 cm³/mol. The van der Waals surface area contributed by atoms with Crippen LogP contribution < -0.4 is 5.32 Å². The Hall–Kier alpha value is -2.34. The van der Waals surface area contributed by atoms with Gasteiger partial charge in [-0.25, -0.2) is 9.48 Å². The number of nitrogens with one attached hydrogen (secondary N) is 1. The molecule has 0 saturated heterocycles. The summed E-state index contributed by atoms with van der Waals surface area (Å²) in [5, 5.41) is 16.4. The predicted octanol–water partition coefficient (Wildman–Crippen LogP) is 2.42. The van der Waals surface area contributed by atoms with Gasteiger partial charge in [0.15, 0.2) is 0 Å². The van der Waals surface area contributed by atoms with Gasteiger partial charge in [-0.15, -0.1) is 0 Å². The van der Waals surface area contributed by atoms with Crippen LogP contribution in [-0.2, 0) is 0 Å². The van der Waals surface area contributed by atoms with Gasteiger partial charge in [-0.2, -0.15) is 5.10 Å². The van der Waals surface area contributed by atoms with Gasteiger partial charge >= 0.3 is 6.03 Å². The van der Waals surface area contributed by atoms with Crippen LogP contribution in [0, 0.1) is 6.92 Å². The number of aryl methyl sites for hydroxylation is 1. The number of nitrogens with zero attached hydrogens (tertiary/aromatic N) is 3. The summed E-state index contributed by atoms with van der Waals surface area (Å²) < 4.78 is 1.74. The van der Waals surface area contributed by atoms with Crippen LogP contribution in [0.2, 0.25) is 0 Å². The van der Waals surface area contributed by atoms with E-state index in [1.54, 1.807) is 9.58 Å². The highest BCUT2D eigenvalue weighted by Gasteiger charge is 2.14. The lowest BCUT2D eigenvalue weighted by Crippen LogP contribution is -2.37. The molecule has 0 fully saturated rings. The van der Waals surface area contributed by atoms with Gasteiger partial charge in [-0.3, -0.25) is 0 Å². The molecule has 1 aromatic carbocycles. The second-order valence-corrected chi connectivity index (χ2v) is 5.06. The zero-order valence-electron chi connectivity index (χ0n) is 13.0. The quantitative estimate of drug-likeness (QED) is 0.861. The highest BCUT2D eigenvalue weighted by molar-refractivity contribution is 5.91. The maximum absolute atomic E-state index is 12.4. The molecule has 0 spiro atoms. The Morgan fingerprint density at radius 2 is 2.09 bits per heavy atom. The average molecular weight is 302 g/mol. The average Bonchev–Trinajstić information content (AvgIpc) is 2.94. The van der Waals surface area contributed by atoms with Crippen molar-refractivity contribution in [2.45, 2.75) is 20.3 Å². The summed E-state index contributed by atoms with van der Waals surface area (Å²) >= 11 is 0. The lowest BCUT2D eigenvalue weighted by Gasteiger charge is -2.22. The van der Waals surface area contributed by atoms with Crippen molar-refractivity contribution in [3.63, 3.8) is 0 Å². The van der Waals surface area contributed by atoms with Crippen LogP contribution >= 0.6 is 0 Å². The summed E-state index contributed by atoms with van der Waals surface area (Å²) in [6.07, 6.45) is 2.70. The molecule has 6 nitrogen and oxygen atoms in total. The fraction of sp³-hybridized carbons (Fsp3) is 0.375. The van der Waals surface area contributed by atoms with Gasteiger partial charge in [0.25, 0.3) is 0 Å². The van der Waals surface area contributed by atoms with Crippen molar-refractivity contribution in [1.29, 1.82) is 0 Å². The Balaban J connectivity index is 2.20. The van der Waals surface area contributed by atoms with Crippen LogP contribution in [0.15, 0.2) is 36.5 Å². The number of carbonyl (C=O) groups is 1. The van der Waals surface area contributed by atoms with Gasteiger partial charge in [0.2, 0.25) is 0 Å². The lowest BCUT2D eigenvalue weighted by molar-refractivity contribution is 0.188. The molecule has 2 N–H and O–H groups in total. The Morgan fingerprint density at radius 1 is 1.32 bits per heavy atom. The van der Waals surface area contributed by atoms with Gasteiger partial charge in [-0.1, -0.05) is 19.1 Å². The van der Waals surface area contributed by atoms with Crippen LogP contribution in [0.25, 0.3) is 5.69 Å². The Bertz CT molecular complexity index is 618. The number of hydrogen-bond donors (Lipinski definition) is 2. The Morgan fingerprint density at radius 3 is 2.73 bits per heavy atom. The molecule has 0 aliphatic rings. The minimum Gasteiger partial charge on any atom is -0.395 e. The first kappa shape index (κ1) is 16.0. The van der Waals surface area contributed by atoms with E-state index < -0.39 is 0 Å². The van der Waals surface area contributed by atoms with E-state index in [1.807, 2.05) is 50.4 Å². The van der Waals surface area contributed by atoms with Gasteiger partial charge < -0.3 is 15.3 Å². The molecule has 2 rings (SSSR count). The number of benzene rings is 1. The van der Waals surface area contributed by atoms with E-state index in [9.17, 15) is 4.79 Å². The molecule has 1 heterocycles. The Labute approximate surface area is 130 Å². The van der Waals surface area contributed by atoms with Crippen molar-refractivity contribution in [3.05, 3.63) is 42.2 Å². The number of para-hydroxylation sites is 2. The van der Waals surface area contributed by atoms with E-state index in [2.05, 4.69) is 10.4 Å². The molecule has 0 atom stereocenters. The van der Waals surface area contributed by atoms with E-state index in [1.165, 1.54) is 0 Å². The zero-order valence-corrected chi connectivity index (χ0v) is 13.0. The van der Waals surface area contributed by atoms with Gasteiger partial charge in [-0.05, 0) is 31.5 Å². The molecule has 118 valence electrons. The summed E-state index contributed by atoms with van der Waals surface area (Å²) in [7, 11) is 0. The standard InChI is InChI=1S/C16H22N4O2/c1-3-9-19(11-12-21)16(22)17-14-6-4-5-7-15(14)20-10-8-13(2)18-20/h4-8,10,21H,3,9,11-12H2,1-2H3,(H,17,22). The highest BCUT2D eigenvalue weighted by Crippen LogP contribution is 2.20. The molecule has 0 aliphatic carbocycles. The molecule has 2 aromatic rings. The molecular formula is C16H22N4O2. The summed E-state index contributed by atoms with van der Waals surface area (Å²) in [5.74, 6) is 0. The van der Waals surface area contributed by atoms with Crippen LogP contribution in [0.5, 0.6) is 0 Å². The van der Waals surface area contributed by atoms with E-state index in [0.29, 0.717) is 18.8 Å². The fourth-order valence-electron chi connectivity index (χ4n) is 2.23. The topological polar surface area (TPSA) is 70.4 Å². The molecule has 0 unspecified atom stereocenters. The first-order valence-electron chi connectivity index (χ1n) is 7.44. The number of hydrogen-bond acceptors (Lipinski definition) is 3. The third-order valence-electron chi connectivity index (χ3n) is 3.27. The van der Waals surface area contributed by atoms with E-state index in [-0.39, 0.29) is 12.6 Å². The molecule has 0 saturated carbocycles. The highest BCUT2D eigenvalue weighted by atomic mass is 16.3. The number of urea groups is 1. The monoisotopic (exact) mass is 302 g/mol. The van der Waals surface area contributed by atoms with Gasteiger partial charge in [0, 0.05) is 19.3 Å². The Kier molecular flexibility index (Phi) is 5.55. The van der Waals surface area contributed by atoms with Gasteiger partial charge in [0.1, 0.15) is 0 Å². The number of anilines is 1. The minimum atomic E-state index is -0.216. The molecule has 0 radical (unpaired) electrons. The number of rotatable bonds is 6. The molecule has 6 heteroatoms. The summed E-state index contributed by atoms with van der Waals surface area (Å²) in [6.45, 7) is 4.80. The third kappa shape index (κ3) is 3.85. The fourth-order valence-corrected chi connectivity index (χ4v) is 2.23. The van der Waals surface area contributed by atoms with E-state index >= 15 is 0 Å². The lowest BCUT2D eigenvalue weighted by atomic mass is 10.2. The third-order valence-corrected chi connectivity index (χ3v) is 3.27. The molecule has 0 bridgehead atoms. The number of carbonyl (C=O) groups excluding carboxylic acids is 1. The second kappa shape index (κ2) is 7.61. The van der Waals surface area contributed by atoms with Crippen LogP contribution in [0.1, 0.15) is 19.0 Å². The number of amides is 2. The van der Waals surface area contributed by atoms with Crippen molar-refractivity contribution < 1.29 is 9.90 Å². The molecule has 1 aromatic heterocycles. The van der Waals surface area contributed by atoms with E-state index in [0.717, 1.165) is 17.8 Å². The summed E-state index contributed by atoms with van der Waals surface area (Å²) in [6, 6.07) is 9.21. The molecule has 2 amide bonds. The number of aromatic nitrogens is 2. The molecule has 0 aliphatic heterocycles. The normalized spacial score (nSPS) is 10.5. The van der Waals surface area contributed by atoms with E-state index in [4.69, 9.17) is 5.11 Å². The molecule has 22 heavy (non-hydrogen) atoms. The van der Waals surface area contributed by atoms with Crippen molar-refractivity contribution in [2.75, 3.05) is 25.0 Å². The van der Waals surface area contributed by atoms with Crippen LogP contribution in [-0.4, -0.2) is 45.5 Å². The number of aliphatic hydroxyl groups is 1. The summed E-state index contributed by atoms with van der Waals surface area (Å²) in [5.41, 5.74) is 2.41. The van der Waals surface area contributed by atoms with Crippen molar-refractivity contribution >= 4 is 11.7 Å². The smallest absolute Gasteiger partial charge is 0.321 e. The van der Waals surface area contributed by atoms with Crippen molar-refractivity contribution in [1.82, 2.24) is 14.7 Å². The minimum absolute atomic E-state index is 0.0482. The maximum Gasteiger partial charge on any atom is 0.321 e.